The van der Waals surface area contributed by atoms with Gasteiger partial charge in [0.25, 0.3) is 17.7 Å². The number of fused-ring (bicyclic) bond motifs is 1. The molecular formula is C24H24N2O6. The Balaban J connectivity index is 1.35. The van der Waals surface area contributed by atoms with Crippen molar-refractivity contribution in [2.45, 2.75) is 31.9 Å². The summed E-state index contributed by atoms with van der Waals surface area (Å²) >= 11 is 0. The van der Waals surface area contributed by atoms with Crippen LogP contribution in [0.2, 0.25) is 0 Å². The second-order valence-electron chi connectivity index (χ2n) is 7.89. The third kappa shape index (κ3) is 4.55. The fraction of sp³-hybridized carbons (Fsp3) is 0.333. The highest BCUT2D eigenvalue weighted by atomic mass is 16.5. The molecule has 32 heavy (non-hydrogen) atoms. The molecule has 0 aromatic heterocycles. The Kier molecular flexibility index (Phi) is 6.32. The predicted molar refractivity (Wildman–Crippen MR) is 114 cm³/mol. The summed E-state index contributed by atoms with van der Waals surface area (Å²) < 4.78 is 10.6. The summed E-state index contributed by atoms with van der Waals surface area (Å²) in [7, 11) is 0. The summed E-state index contributed by atoms with van der Waals surface area (Å²) in [6.45, 7) is 2.21. The summed E-state index contributed by atoms with van der Waals surface area (Å²) in [6, 6.07) is 13.4. The smallest absolute Gasteiger partial charge is 0.338 e. The zero-order valence-corrected chi connectivity index (χ0v) is 17.7. The van der Waals surface area contributed by atoms with Gasteiger partial charge in [-0.05, 0) is 43.5 Å². The Morgan fingerprint density at radius 1 is 1.12 bits per heavy atom. The van der Waals surface area contributed by atoms with Crippen LogP contribution in [0, 0.1) is 0 Å². The number of carbonyl (C=O) groups is 4. The molecule has 0 unspecified atom stereocenters. The third-order valence-corrected chi connectivity index (χ3v) is 5.63. The molecule has 2 aromatic rings. The van der Waals surface area contributed by atoms with Crippen molar-refractivity contribution in [1.82, 2.24) is 10.2 Å². The van der Waals surface area contributed by atoms with Crippen molar-refractivity contribution in [1.29, 1.82) is 0 Å². The Labute approximate surface area is 185 Å². The minimum Gasteiger partial charge on any atom is -0.452 e. The van der Waals surface area contributed by atoms with Gasteiger partial charge < -0.3 is 14.8 Å². The number of esters is 1. The first-order valence-electron chi connectivity index (χ1n) is 10.6. The molecule has 0 radical (unpaired) electrons. The van der Waals surface area contributed by atoms with E-state index < -0.39 is 30.3 Å². The van der Waals surface area contributed by atoms with E-state index in [1.807, 2.05) is 37.3 Å². The van der Waals surface area contributed by atoms with Gasteiger partial charge in [-0.2, -0.15) is 0 Å². The van der Waals surface area contributed by atoms with Crippen molar-refractivity contribution >= 4 is 23.7 Å². The van der Waals surface area contributed by atoms with Crippen molar-refractivity contribution < 1.29 is 28.7 Å². The quantitative estimate of drug-likeness (QED) is 0.529. The van der Waals surface area contributed by atoms with Crippen LogP contribution in [-0.2, 0) is 14.3 Å². The molecule has 2 atom stereocenters. The maximum absolute atomic E-state index is 12.7. The average Bonchev–Trinajstić information content (AvgIpc) is 3.41. The Bertz CT molecular complexity index is 1050. The van der Waals surface area contributed by atoms with Crippen LogP contribution in [0.4, 0.5) is 0 Å². The van der Waals surface area contributed by atoms with Crippen LogP contribution < -0.4 is 5.32 Å². The molecule has 2 aliphatic rings. The normalized spacial score (nSPS) is 18.4. The van der Waals surface area contributed by atoms with Crippen LogP contribution >= 0.6 is 0 Å². The van der Waals surface area contributed by atoms with E-state index >= 15 is 0 Å². The minimum atomic E-state index is -0.742. The van der Waals surface area contributed by atoms with Gasteiger partial charge in [-0.1, -0.05) is 30.3 Å². The monoisotopic (exact) mass is 436 g/mol. The molecule has 0 bridgehead atoms. The largest absolute Gasteiger partial charge is 0.452 e. The zero-order chi connectivity index (χ0) is 22.7. The summed E-state index contributed by atoms with van der Waals surface area (Å²) in [4.78, 5) is 51.0. The summed E-state index contributed by atoms with van der Waals surface area (Å²) in [5, 5.41) is 2.76. The van der Waals surface area contributed by atoms with Gasteiger partial charge in [-0.15, -0.1) is 0 Å². The Morgan fingerprint density at radius 2 is 1.88 bits per heavy atom. The van der Waals surface area contributed by atoms with Crippen molar-refractivity contribution in [2.75, 3.05) is 19.8 Å². The van der Waals surface area contributed by atoms with Crippen LogP contribution in [-0.4, -0.2) is 54.5 Å². The molecule has 8 heteroatoms. The molecule has 1 saturated heterocycles. The lowest BCUT2D eigenvalue weighted by Gasteiger charge is -2.17. The number of imide groups is 1. The van der Waals surface area contributed by atoms with E-state index in [1.54, 1.807) is 0 Å². The van der Waals surface area contributed by atoms with E-state index in [4.69, 9.17) is 9.47 Å². The molecule has 2 aliphatic heterocycles. The van der Waals surface area contributed by atoms with E-state index in [2.05, 4.69) is 5.32 Å². The Morgan fingerprint density at radius 3 is 2.59 bits per heavy atom. The van der Waals surface area contributed by atoms with Crippen LogP contribution in [0.25, 0.3) is 0 Å². The molecular weight excluding hydrogens is 412 g/mol. The van der Waals surface area contributed by atoms with Gasteiger partial charge in [0.1, 0.15) is 0 Å². The number of hydrogen-bond acceptors (Lipinski definition) is 6. The maximum Gasteiger partial charge on any atom is 0.338 e. The fourth-order valence-corrected chi connectivity index (χ4v) is 3.90. The topological polar surface area (TPSA) is 102 Å². The number of amides is 3. The zero-order valence-electron chi connectivity index (χ0n) is 17.7. The second-order valence-corrected chi connectivity index (χ2v) is 7.89. The molecule has 1 fully saturated rings. The van der Waals surface area contributed by atoms with Gasteiger partial charge in [0, 0.05) is 6.61 Å². The lowest BCUT2D eigenvalue weighted by atomic mass is 10.1. The number of rotatable bonds is 7. The molecule has 166 valence electrons. The first-order valence-corrected chi connectivity index (χ1v) is 10.6. The number of nitrogens with one attached hydrogen (secondary N) is 1. The number of ether oxygens (including phenoxy) is 2. The van der Waals surface area contributed by atoms with E-state index in [1.165, 1.54) is 18.2 Å². The number of nitrogens with zero attached hydrogens (tertiary/aromatic N) is 1. The van der Waals surface area contributed by atoms with Crippen LogP contribution in [0.15, 0.2) is 48.5 Å². The standard InChI is InChI=1S/C24H24N2O6/c1-15(16-6-3-2-4-7-16)25-21(27)14-32-24(30)17-9-10-19-20(12-17)23(29)26(22(19)28)13-18-8-5-11-31-18/h2-4,6-7,9-10,12,15,18H,5,8,11,13-14H2,1H3,(H,25,27)/t15-,18-/m1/s1. The second kappa shape index (κ2) is 9.32. The minimum absolute atomic E-state index is 0.104. The molecule has 1 N–H and O–H groups in total. The highest BCUT2D eigenvalue weighted by Gasteiger charge is 2.38. The Hall–Kier alpha value is -3.52. The molecule has 2 heterocycles. The van der Waals surface area contributed by atoms with Crippen LogP contribution in [0.3, 0.4) is 0 Å². The maximum atomic E-state index is 12.7. The van der Waals surface area contributed by atoms with Gasteiger partial charge >= 0.3 is 5.97 Å². The number of benzene rings is 2. The molecule has 0 spiro atoms. The van der Waals surface area contributed by atoms with Crippen LogP contribution in [0.5, 0.6) is 0 Å². The third-order valence-electron chi connectivity index (χ3n) is 5.63. The first-order chi connectivity index (χ1) is 15.4. The first kappa shape index (κ1) is 21.7. The lowest BCUT2D eigenvalue weighted by Crippen LogP contribution is -2.36. The summed E-state index contributed by atoms with van der Waals surface area (Å²) in [6.07, 6.45) is 1.55. The van der Waals surface area contributed by atoms with Gasteiger partial charge in [0.05, 0.1) is 35.4 Å². The molecule has 0 aliphatic carbocycles. The number of hydrogen-bond donors (Lipinski definition) is 1. The molecule has 2 aromatic carbocycles. The van der Waals surface area contributed by atoms with Gasteiger partial charge in [-0.3, -0.25) is 19.3 Å². The lowest BCUT2D eigenvalue weighted by molar-refractivity contribution is -0.124. The van der Waals surface area contributed by atoms with Crippen molar-refractivity contribution in [2.24, 2.45) is 0 Å². The highest BCUT2D eigenvalue weighted by Crippen LogP contribution is 2.26. The number of carbonyl (C=O) groups excluding carboxylic acids is 4. The van der Waals surface area contributed by atoms with Gasteiger partial charge in [0.15, 0.2) is 6.61 Å². The van der Waals surface area contributed by atoms with Crippen LogP contribution in [0.1, 0.15) is 62.4 Å². The molecule has 3 amide bonds. The summed E-state index contributed by atoms with van der Waals surface area (Å²) in [5.41, 5.74) is 1.44. The molecule has 8 nitrogen and oxygen atoms in total. The van der Waals surface area contributed by atoms with Gasteiger partial charge in [0.2, 0.25) is 0 Å². The fourth-order valence-electron chi connectivity index (χ4n) is 3.90. The van der Waals surface area contributed by atoms with E-state index in [-0.39, 0.29) is 35.4 Å². The average molecular weight is 436 g/mol. The van der Waals surface area contributed by atoms with Crippen molar-refractivity contribution in [3.8, 4) is 0 Å². The van der Waals surface area contributed by atoms with Crippen molar-refractivity contribution in [3.05, 3.63) is 70.8 Å². The summed E-state index contributed by atoms with van der Waals surface area (Å²) in [5.74, 6) is -2.03. The van der Waals surface area contributed by atoms with E-state index in [9.17, 15) is 19.2 Å². The SMILES string of the molecule is C[C@@H](NC(=O)COC(=O)c1ccc2c(c1)C(=O)N(C[C@H]1CCCO1)C2=O)c1ccccc1. The van der Waals surface area contributed by atoms with E-state index in [0.29, 0.717) is 6.61 Å². The predicted octanol–water partition coefficient (Wildman–Crippen LogP) is 2.50. The van der Waals surface area contributed by atoms with Gasteiger partial charge in [-0.25, -0.2) is 4.79 Å². The molecule has 0 saturated carbocycles. The van der Waals surface area contributed by atoms with E-state index in [0.717, 1.165) is 23.3 Å². The highest BCUT2D eigenvalue weighted by molar-refractivity contribution is 6.22. The molecule has 4 rings (SSSR count). The van der Waals surface area contributed by atoms with Crippen molar-refractivity contribution in [3.63, 3.8) is 0 Å².